The Bertz CT molecular complexity index is 587. The van der Waals surface area contributed by atoms with Gasteiger partial charge in [0.05, 0.1) is 29.1 Å². The number of hydrogen-bond acceptors (Lipinski definition) is 6. The number of rotatable bonds is 7. The first-order chi connectivity index (χ1) is 9.31. The van der Waals surface area contributed by atoms with Gasteiger partial charge in [0.2, 0.25) is 10.0 Å². The summed E-state index contributed by atoms with van der Waals surface area (Å²) in [7, 11) is -2.50. The second-order valence-corrected chi connectivity index (χ2v) is 5.85. The molecule has 0 fully saturated rings. The minimum atomic E-state index is -3.88. The van der Waals surface area contributed by atoms with E-state index in [0.717, 1.165) is 12.1 Å². The maximum Gasteiger partial charge on any atom is 0.269 e. The van der Waals surface area contributed by atoms with Crippen molar-refractivity contribution in [3.8, 4) is 0 Å². The van der Waals surface area contributed by atoms with Gasteiger partial charge in [-0.15, -0.1) is 0 Å². The van der Waals surface area contributed by atoms with Gasteiger partial charge in [-0.2, -0.15) is 0 Å². The molecule has 20 heavy (non-hydrogen) atoms. The predicted molar refractivity (Wildman–Crippen MR) is 70.9 cm³/mol. The van der Waals surface area contributed by atoms with Gasteiger partial charge in [0.15, 0.2) is 0 Å². The third kappa shape index (κ3) is 3.97. The van der Waals surface area contributed by atoms with Gasteiger partial charge in [-0.25, -0.2) is 13.1 Å². The number of methoxy groups -OCH3 is 1. The maximum absolute atomic E-state index is 12.1. The summed E-state index contributed by atoms with van der Waals surface area (Å²) in [6.45, 7) is 1.06. The Labute approximate surface area is 116 Å². The number of nitrogens with zero attached hydrogens (tertiary/aromatic N) is 1. The number of sulfonamides is 1. The van der Waals surface area contributed by atoms with E-state index < -0.39 is 27.6 Å². The summed E-state index contributed by atoms with van der Waals surface area (Å²) >= 11 is 0. The third-order valence-corrected chi connectivity index (χ3v) is 4.25. The van der Waals surface area contributed by atoms with E-state index in [2.05, 4.69) is 4.72 Å². The Balaban J connectivity index is 3.06. The van der Waals surface area contributed by atoms with Gasteiger partial charge in [0.1, 0.15) is 0 Å². The number of nitro groups is 1. The highest BCUT2D eigenvalue weighted by Gasteiger charge is 2.22. The number of aryl methyl sites for hydroxylation is 1. The van der Waals surface area contributed by atoms with Gasteiger partial charge in [-0.05, 0) is 18.6 Å². The first-order valence-corrected chi connectivity index (χ1v) is 7.17. The molecule has 0 spiro atoms. The molecule has 0 aliphatic carbocycles. The van der Waals surface area contributed by atoms with E-state index in [1.165, 1.54) is 20.1 Å². The van der Waals surface area contributed by atoms with E-state index in [4.69, 9.17) is 9.84 Å². The first kappa shape index (κ1) is 16.5. The van der Waals surface area contributed by atoms with Crippen LogP contribution in [0, 0.1) is 17.0 Å². The molecule has 0 heterocycles. The van der Waals surface area contributed by atoms with Crippen molar-refractivity contribution in [1.29, 1.82) is 0 Å². The summed E-state index contributed by atoms with van der Waals surface area (Å²) in [6, 6.07) is 2.68. The summed E-state index contributed by atoms with van der Waals surface area (Å²) in [5.74, 6) is 0. The van der Waals surface area contributed by atoms with Crippen LogP contribution in [0.5, 0.6) is 0 Å². The molecule has 1 atom stereocenters. The number of benzene rings is 1. The molecule has 112 valence electrons. The van der Waals surface area contributed by atoms with E-state index >= 15 is 0 Å². The lowest BCUT2D eigenvalue weighted by Crippen LogP contribution is -2.40. The average Bonchev–Trinajstić information content (AvgIpc) is 2.37. The largest absolute Gasteiger partial charge is 0.395 e. The highest BCUT2D eigenvalue weighted by atomic mass is 32.2. The van der Waals surface area contributed by atoms with Crippen LogP contribution in [0.3, 0.4) is 0 Å². The van der Waals surface area contributed by atoms with Crippen molar-refractivity contribution in [3.05, 3.63) is 33.9 Å². The molecule has 1 unspecified atom stereocenters. The van der Waals surface area contributed by atoms with Crippen LogP contribution in [0.4, 0.5) is 5.69 Å². The Kier molecular flexibility index (Phi) is 5.57. The molecule has 1 aromatic carbocycles. The van der Waals surface area contributed by atoms with Gasteiger partial charge in [0, 0.05) is 19.2 Å². The molecule has 0 amide bonds. The molecule has 0 aromatic heterocycles. The lowest BCUT2D eigenvalue weighted by molar-refractivity contribution is -0.385. The van der Waals surface area contributed by atoms with E-state index in [1.54, 1.807) is 0 Å². The van der Waals surface area contributed by atoms with Crippen LogP contribution < -0.4 is 4.72 Å². The van der Waals surface area contributed by atoms with Crippen LogP contribution in [0.2, 0.25) is 0 Å². The van der Waals surface area contributed by atoms with Crippen molar-refractivity contribution < 1.29 is 23.2 Å². The molecule has 1 aromatic rings. The van der Waals surface area contributed by atoms with Crippen LogP contribution in [0.1, 0.15) is 5.56 Å². The lowest BCUT2D eigenvalue weighted by Gasteiger charge is -2.16. The number of nitro benzene ring substituents is 1. The summed E-state index contributed by atoms with van der Waals surface area (Å²) in [5.41, 5.74) is 0.0675. The van der Waals surface area contributed by atoms with Crippen LogP contribution in [-0.4, -0.2) is 44.8 Å². The fraction of sp³-hybridized carbons (Fsp3) is 0.455. The maximum atomic E-state index is 12.1. The minimum absolute atomic E-state index is 0.0156. The topological polar surface area (TPSA) is 119 Å². The third-order valence-electron chi connectivity index (χ3n) is 2.57. The van der Waals surface area contributed by atoms with Crippen LogP contribution in [0.15, 0.2) is 23.1 Å². The van der Waals surface area contributed by atoms with Crippen molar-refractivity contribution in [2.75, 3.05) is 20.3 Å². The molecular formula is C11H16N2O6S. The number of aliphatic hydroxyl groups is 1. The number of ether oxygens (including phenoxy) is 1. The van der Waals surface area contributed by atoms with E-state index in [1.807, 2.05) is 0 Å². The highest BCUT2D eigenvalue weighted by Crippen LogP contribution is 2.21. The normalized spacial score (nSPS) is 13.2. The number of nitrogens with one attached hydrogen (secondary N) is 1. The molecule has 0 bridgehead atoms. The second kappa shape index (κ2) is 6.75. The van der Waals surface area contributed by atoms with Crippen molar-refractivity contribution in [3.63, 3.8) is 0 Å². The Morgan fingerprint density at radius 3 is 2.60 bits per heavy atom. The van der Waals surface area contributed by atoms with Crippen molar-refractivity contribution in [2.45, 2.75) is 17.9 Å². The molecule has 0 aliphatic rings. The fourth-order valence-corrected chi connectivity index (χ4v) is 3.10. The molecule has 0 saturated carbocycles. The molecule has 1 rings (SSSR count). The van der Waals surface area contributed by atoms with Crippen molar-refractivity contribution in [1.82, 2.24) is 4.72 Å². The van der Waals surface area contributed by atoms with Crippen molar-refractivity contribution >= 4 is 15.7 Å². The monoisotopic (exact) mass is 304 g/mol. The number of aliphatic hydroxyl groups excluding tert-OH is 1. The molecule has 0 saturated heterocycles. The zero-order chi connectivity index (χ0) is 15.3. The summed E-state index contributed by atoms with van der Waals surface area (Å²) < 4.78 is 31.3. The fourth-order valence-electron chi connectivity index (χ4n) is 1.66. The Morgan fingerprint density at radius 1 is 1.50 bits per heavy atom. The number of non-ortho nitro benzene ring substituents is 1. The molecule has 9 heteroatoms. The number of hydrogen-bond donors (Lipinski definition) is 2. The highest BCUT2D eigenvalue weighted by molar-refractivity contribution is 7.89. The molecular weight excluding hydrogens is 288 g/mol. The zero-order valence-electron chi connectivity index (χ0n) is 11.1. The van der Waals surface area contributed by atoms with Gasteiger partial charge in [0.25, 0.3) is 5.69 Å². The Hall–Kier alpha value is -1.55. The molecule has 8 nitrogen and oxygen atoms in total. The van der Waals surface area contributed by atoms with Gasteiger partial charge in [-0.3, -0.25) is 10.1 Å². The average molecular weight is 304 g/mol. The van der Waals surface area contributed by atoms with E-state index in [0.29, 0.717) is 0 Å². The SMILES string of the molecule is COCC(CO)NS(=O)(=O)c1ccc([N+](=O)[O-])cc1C. The second-order valence-electron chi connectivity index (χ2n) is 4.16. The molecule has 0 aliphatic heterocycles. The lowest BCUT2D eigenvalue weighted by atomic mass is 10.2. The van der Waals surface area contributed by atoms with E-state index in [-0.39, 0.29) is 22.8 Å². The predicted octanol–water partition coefficient (Wildman–Crippen LogP) is 0.189. The van der Waals surface area contributed by atoms with Crippen LogP contribution >= 0.6 is 0 Å². The minimum Gasteiger partial charge on any atom is -0.395 e. The molecule has 2 N–H and O–H groups in total. The first-order valence-electron chi connectivity index (χ1n) is 5.69. The zero-order valence-corrected chi connectivity index (χ0v) is 11.9. The van der Waals surface area contributed by atoms with Gasteiger partial charge in [-0.1, -0.05) is 0 Å². The quantitative estimate of drug-likeness (QED) is 0.548. The van der Waals surface area contributed by atoms with Crippen LogP contribution in [0.25, 0.3) is 0 Å². The van der Waals surface area contributed by atoms with Gasteiger partial charge < -0.3 is 9.84 Å². The van der Waals surface area contributed by atoms with Gasteiger partial charge >= 0.3 is 0 Å². The molecule has 0 radical (unpaired) electrons. The smallest absolute Gasteiger partial charge is 0.269 e. The summed E-state index contributed by atoms with van der Waals surface area (Å²) in [4.78, 5) is 9.94. The summed E-state index contributed by atoms with van der Waals surface area (Å²) in [5, 5.41) is 19.7. The Morgan fingerprint density at radius 2 is 2.15 bits per heavy atom. The standard InChI is InChI=1S/C11H16N2O6S/c1-8-5-10(13(15)16)3-4-11(8)20(17,18)12-9(6-14)7-19-2/h3-5,9,12,14H,6-7H2,1-2H3. The van der Waals surface area contributed by atoms with Crippen LogP contribution in [-0.2, 0) is 14.8 Å². The summed E-state index contributed by atoms with van der Waals surface area (Å²) in [6.07, 6.45) is 0. The van der Waals surface area contributed by atoms with Crippen molar-refractivity contribution in [2.24, 2.45) is 0 Å². The van der Waals surface area contributed by atoms with E-state index in [9.17, 15) is 18.5 Å².